The lowest BCUT2D eigenvalue weighted by atomic mass is 10.2. The molecule has 5 rings (SSSR count). The van der Waals surface area contributed by atoms with Crippen molar-refractivity contribution in [1.82, 2.24) is 24.0 Å². The van der Waals surface area contributed by atoms with Crippen LogP contribution < -0.4 is 0 Å². The average molecular weight is 427 g/mol. The third kappa shape index (κ3) is 3.26. The molecular weight excluding hydrogens is 406 g/mol. The van der Waals surface area contributed by atoms with Crippen molar-refractivity contribution >= 4 is 26.8 Å². The smallest absolute Gasteiger partial charge is 0.274 e. The summed E-state index contributed by atoms with van der Waals surface area (Å²) in [6.45, 7) is 2.95. The number of nitrogens with zero attached hydrogens (tertiary/aromatic N) is 5. The summed E-state index contributed by atoms with van der Waals surface area (Å²) in [6, 6.07) is 10.5. The first-order valence-electron chi connectivity index (χ1n) is 9.82. The highest BCUT2D eigenvalue weighted by atomic mass is 32.2. The number of fused-ring (bicyclic) bond motifs is 2. The molecule has 1 amide bonds. The molecule has 0 saturated carbocycles. The Labute approximate surface area is 173 Å². The SMILES string of the molecule is O=C(c1cc2n(n1)CCN(S(=O)(=O)c1cccc3cccnc13)C2)N1CCOCC1. The molecule has 0 unspecified atom stereocenters. The predicted molar refractivity (Wildman–Crippen MR) is 108 cm³/mol. The fraction of sp³-hybridized carbons (Fsp3) is 0.350. The zero-order valence-electron chi connectivity index (χ0n) is 16.3. The number of rotatable bonds is 3. The van der Waals surface area contributed by atoms with Gasteiger partial charge in [0.25, 0.3) is 5.91 Å². The number of aromatic nitrogens is 3. The summed E-state index contributed by atoms with van der Waals surface area (Å²) >= 11 is 0. The van der Waals surface area contributed by atoms with Crippen molar-refractivity contribution in [1.29, 1.82) is 0 Å². The summed E-state index contributed by atoms with van der Waals surface area (Å²) in [5.74, 6) is -0.145. The molecule has 0 N–H and O–H groups in total. The van der Waals surface area contributed by atoms with Crippen LogP contribution in [0.25, 0.3) is 10.9 Å². The normalized spacial score (nSPS) is 17.8. The molecule has 2 aliphatic heterocycles. The Hall–Kier alpha value is -2.82. The van der Waals surface area contributed by atoms with Crippen LogP contribution in [0, 0.1) is 0 Å². The topological polar surface area (TPSA) is 97.6 Å². The van der Waals surface area contributed by atoms with Crippen molar-refractivity contribution in [2.75, 3.05) is 32.8 Å². The first-order valence-corrected chi connectivity index (χ1v) is 11.3. The first kappa shape index (κ1) is 19.2. The van der Waals surface area contributed by atoms with E-state index < -0.39 is 10.0 Å². The molecule has 1 fully saturated rings. The summed E-state index contributed by atoms with van der Waals surface area (Å²) < 4.78 is 35.2. The summed E-state index contributed by atoms with van der Waals surface area (Å²) in [5, 5.41) is 5.19. The van der Waals surface area contributed by atoms with Gasteiger partial charge in [-0.1, -0.05) is 18.2 Å². The third-order valence-electron chi connectivity index (χ3n) is 5.49. The fourth-order valence-electron chi connectivity index (χ4n) is 3.90. The average Bonchev–Trinajstić information content (AvgIpc) is 3.22. The second kappa shape index (κ2) is 7.46. The zero-order valence-corrected chi connectivity index (χ0v) is 17.1. The summed E-state index contributed by atoms with van der Waals surface area (Å²) in [4.78, 5) is 18.9. The van der Waals surface area contributed by atoms with Crippen LogP contribution in [0.2, 0.25) is 0 Å². The van der Waals surface area contributed by atoms with Crippen LogP contribution in [0.4, 0.5) is 0 Å². The van der Waals surface area contributed by atoms with E-state index in [2.05, 4.69) is 10.1 Å². The Balaban J connectivity index is 1.42. The highest BCUT2D eigenvalue weighted by Crippen LogP contribution is 2.27. The van der Waals surface area contributed by atoms with Crippen molar-refractivity contribution in [2.45, 2.75) is 18.0 Å². The minimum Gasteiger partial charge on any atom is -0.378 e. The Kier molecular flexibility index (Phi) is 4.76. The standard InChI is InChI=1S/C20H21N5O4S/c26-20(23-9-11-29-12-10-23)17-13-16-14-24(7-8-25(16)22-17)30(27,28)18-5-1-3-15-4-2-6-21-19(15)18/h1-6,13H,7-12,14H2. The van der Waals surface area contributed by atoms with Gasteiger partial charge in [-0.25, -0.2) is 8.42 Å². The van der Waals surface area contributed by atoms with Crippen LogP contribution in [-0.2, 0) is 27.8 Å². The minimum atomic E-state index is -3.74. The van der Waals surface area contributed by atoms with Crippen molar-refractivity contribution in [3.8, 4) is 0 Å². The number of carbonyl (C=O) groups excluding carboxylic acids is 1. The van der Waals surface area contributed by atoms with E-state index in [9.17, 15) is 13.2 Å². The van der Waals surface area contributed by atoms with Crippen LogP contribution in [0.3, 0.4) is 0 Å². The number of morpholine rings is 1. The molecule has 10 heteroatoms. The highest BCUT2D eigenvalue weighted by molar-refractivity contribution is 7.89. The number of hydrogen-bond donors (Lipinski definition) is 0. The number of hydrogen-bond acceptors (Lipinski definition) is 6. The highest BCUT2D eigenvalue weighted by Gasteiger charge is 2.32. The molecule has 30 heavy (non-hydrogen) atoms. The molecular formula is C20H21N5O4S. The molecule has 0 radical (unpaired) electrons. The maximum absolute atomic E-state index is 13.4. The number of amides is 1. The summed E-state index contributed by atoms with van der Waals surface area (Å²) in [7, 11) is -3.74. The Morgan fingerprint density at radius 1 is 1.03 bits per heavy atom. The van der Waals surface area contributed by atoms with Gasteiger partial charge in [-0.3, -0.25) is 14.5 Å². The lowest BCUT2D eigenvalue weighted by Gasteiger charge is -2.27. The van der Waals surface area contributed by atoms with E-state index in [-0.39, 0.29) is 23.9 Å². The van der Waals surface area contributed by atoms with E-state index >= 15 is 0 Å². The van der Waals surface area contributed by atoms with Gasteiger partial charge in [0.1, 0.15) is 4.90 Å². The minimum absolute atomic E-state index is 0.145. The molecule has 2 aromatic heterocycles. The van der Waals surface area contributed by atoms with E-state index in [1.54, 1.807) is 40.0 Å². The predicted octanol–water partition coefficient (Wildman–Crippen LogP) is 1.11. The molecule has 3 aromatic rings. The zero-order chi connectivity index (χ0) is 20.7. The molecule has 0 aliphatic carbocycles. The Bertz CT molecular complexity index is 1210. The number of pyridine rings is 1. The number of para-hydroxylation sites is 1. The van der Waals surface area contributed by atoms with Crippen molar-refractivity contribution in [3.05, 3.63) is 54.0 Å². The third-order valence-corrected chi connectivity index (χ3v) is 7.37. The molecule has 1 saturated heterocycles. The van der Waals surface area contributed by atoms with E-state index in [1.807, 2.05) is 12.1 Å². The van der Waals surface area contributed by atoms with Gasteiger partial charge >= 0.3 is 0 Å². The van der Waals surface area contributed by atoms with E-state index in [0.29, 0.717) is 49.8 Å². The van der Waals surface area contributed by atoms with Gasteiger partial charge in [0.05, 0.1) is 37.5 Å². The van der Waals surface area contributed by atoms with Gasteiger partial charge in [-0.2, -0.15) is 9.40 Å². The molecule has 2 aliphatic rings. The summed E-state index contributed by atoms with van der Waals surface area (Å²) in [6.07, 6.45) is 1.59. The monoisotopic (exact) mass is 427 g/mol. The molecule has 0 atom stereocenters. The van der Waals surface area contributed by atoms with E-state index in [1.165, 1.54) is 4.31 Å². The van der Waals surface area contributed by atoms with E-state index in [0.717, 1.165) is 5.39 Å². The largest absolute Gasteiger partial charge is 0.378 e. The molecule has 0 spiro atoms. The van der Waals surface area contributed by atoms with Gasteiger partial charge in [0.15, 0.2) is 5.69 Å². The van der Waals surface area contributed by atoms with Gasteiger partial charge in [0, 0.05) is 31.2 Å². The summed E-state index contributed by atoms with van der Waals surface area (Å²) in [5.41, 5.74) is 1.51. The molecule has 0 bridgehead atoms. The van der Waals surface area contributed by atoms with Crippen molar-refractivity contribution in [3.63, 3.8) is 0 Å². The van der Waals surface area contributed by atoms with E-state index in [4.69, 9.17) is 4.74 Å². The molecule has 4 heterocycles. The van der Waals surface area contributed by atoms with Crippen LogP contribution in [0.15, 0.2) is 47.5 Å². The number of ether oxygens (including phenoxy) is 1. The molecule has 9 nitrogen and oxygen atoms in total. The van der Waals surface area contributed by atoms with Crippen molar-refractivity contribution in [2.24, 2.45) is 0 Å². The van der Waals surface area contributed by atoms with Crippen LogP contribution in [-0.4, -0.2) is 71.1 Å². The number of benzene rings is 1. The molecule has 1 aromatic carbocycles. The maximum atomic E-state index is 13.4. The number of sulfonamides is 1. The molecule has 156 valence electrons. The quantitative estimate of drug-likeness (QED) is 0.621. The van der Waals surface area contributed by atoms with Gasteiger partial charge in [0.2, 0.25) is 10.0 Å². The van der Waals surface area contributed by atoms with Crippen molar-refractivity contribution < 1.29 is 17.9 Å². The Morgan fingerprint density at radius 2 is 1.83 bits per heavy atom. The maximum Gasteiger partial charge on any atom is 0.274 e. The van der Waals surface area contributed by atoms with Gasteiger partial charge in [-0.05, 0) is 18.2 Å². The van der Waals surface area contributed by atoms with Gasteiger partial charge < -0.3 is 9.64 Å². The van der Waals surface area contributed by atoms with Crippen LogP contribution in [0.5, 0.6) is 0 Å². The van der Waals surface area contributed by atoms with Crippen LogP contribution in [0.1, 0.15) is 16.2 Å². The lowest BCUT2D eigenvalue weighted by Crippen LogP contribution is -2.41. The lowest BCUT2D eigenvalue weighted by molar-refractivity contribution is 0.0298. The Morgan fingerprint density at radius 3 is 2.67 bits per heavy atom. The fourth-order valence-corrected chi connectivity index (χ4v) is 5.47. The number of carbonyl (C=O) groups is 1. The van der Waals surface area contributed by atoms with Crippen LogP contribution >= 0.6 is 0 Å². The first-order chi connectivity index (χ1) is 14.5. The second-order valence-electron chi connectivity index (χ2n) is 7.32. The second-order valence-corrected chi connectivity index (χ2v) is 9.22. The van der Waals surface area contributed by atoms with Gasteiger partial charge in [-0.15, -0.1) is 0 Å².